The summed E-state index contributed by atoms with van der Waals surface area (Å²) in [6, 6.07) is 8.99. The third-order valence-corrected chi connectivity index (χ3v) is 6.82. The molecule has 2 aromatic carbocycles. The first kappa shape index (κ1) is 27.2. The Hall–Kier alpha value is -3.85. The van der Waals surface area contributed by atoms with Gasteiger partial charge in [-0.3, -0.25) is 19.5 Å². The summed E-state index contributed by atoms with van der Waals surface area (Å²) in [7, 11) is 4.50. The van der Waals surface area contributed by atoms with Crippen molar-refractivity contribution in [1.82, 2.24) is 15.3 Å². The van der Waals surface area contributed by atoms with E-state index in [4.69, 9.17) is 25.8 Å². The van der Waals surface area contributed by atoms with Gasteiger partial charge in [-0.25, -0.2) is 4.98 Å². The topological polar surface area (TPSA) is 103 Å². The molecule has 1 saturated carbocycles. The smallest absolute Gasteiger partial charge is 0.279 e. The number of hydrogen-bond acceptors (Lipinski definition) is 7. The third kappa shape index (κ3) is 5.99. The van der Waals surface area contributed by atoms with Crippen LogP contribution in [0.25, 0.3) is 0 Å². The maximum absolute atomic E-state index is 14.1. The van der Waals surface area contributed by atoms with Gasteiger partial charge >= 0.3 is 0 Å². The van der Waals surface area contributed by atoms with Gasteiger partial charge in [-0.05, 0) is 54.8 Å². The van der Waals surface area contributed by atoms with Crippen molar-refractivity contribution in [3.8, 4) is 17.2 Å². The molecule has 1 fully saturated rings. The second-order valence-electron chi connectivity index (χ2n) is 8.95. The predicted molar refractivity (Wildman–Crippen MR) is 144 cm³/mol. The first-order valence-electron chi connectivity index (χ1n) is 12.4. The van der Waals surface area contributed by atoms with Gasteiger partial charge in [0.1, 0.15) is 11.7 Å². The molecule has 0 aliphatic heterocycles. The summed E-state index contributed by atoms with van der Waals surface area (Å²) in [5, 5.41) is 3.68. The van der Waals surface area contributed by atoms with Crippen LogP contribution in [0.5, 0.6) is 17.2 Å². The molecule has 0 bridgehead atoms. The molecule has 3 aromatic rings. The number of nitrogens with one attached hydrogen (secondary N) is 1. The molecule has 0 unspecified atom stereocenters. The van der Waals surface area contributed by atoms with E-state index in [-0.39, 0.29) is 17.6 Å². The number of benzene rings is 2. The quantitative estimate of drug-likeness (QED) is 0.409. The molecule has 0 spiro atoms. The minimum absolute atomic E-state index is 0.0134. The van der Waals surface area contributed by atoms with Gasteiger partial charge in [-0.1, -0.05) is 30.9 Å². The second-order valence-corrected chi connectivity index (χ2v) is 9.38. The van der Waals surface area contributed by atoms with Gasteiger partial charge in [0.25, 0.3) is 5.91 Å². The van der Waals surface area contributed by atoms with Crippen molar-refractivity contribution in [2.75, 3.05) is 26.2 Å². The highest BCUT2D eigenvalue weighted by Gasteiger charge is 2.36. The molecule has 1 N–H and O–H groups in total. The highest BCUT2D eigenvalue weighted by atomic mass is 35.5. The summed E-state index contributed by atoms with van der Waals surface area (Å²) < 4.78 is 16.6. The maximum Gasteiger partial charge on any atom is 0.279 e. The van der Waals surface area contributed by atoms with Crippen LogP contribution >= 0.6 is 11.6 Å². The van der Waals surface area contributed by atoms with E-state index < -0.39 is 11.9 Å². The Kier molecular flexibility index (Phi) is 9.02. The summed E-state index contributed by atoms with van der Waals surface area (Å²) in [6.07, 6.45) is 9.28. The van der Waals surface area contributed by atoms with Gasteiger partial charge in [-0.2, -0.15) is 0 Å². The van der Waals surface area contributed by atoms with Crippen LogP contribution in [0.4, 0.5) is 5.69 Å². The molecule has 1 aliphatic rings. The zero-order chi connectivity index (χ0) is 27.1. The van der Waals surface area contributed by atoms with Gasteiger partial charge in [0.2, 0.25) is 11.7 Å². The Bertz CT molecular complexity index is 1220. The largest absolute Gasteiger partial charge is 0.493 e. The van der Waals surface area contributed by atoms with Crippen LogP contribution < -0.4 is 24.4 Å². The zero-order valence-corrected chi connectivity index (χ0v) is 22.4. The number of ether oxygens (including phenoxy) is 3. The van der Waals surface area contributed by atoms with Gasteiger partial charge in [0.05, 0.1) is 27.5 Å². The van der Waals surface area contributed by atoms with Gasteiger partial charge in [0, 0.05) is 29.1 Å². The van der Waals surface area contributed by atoms with Crippen LogP contribution in [0.1, 0.15) is 54.2 Å². The first-order valence-corrected chi connectivity index (χ1v) is 12.8. The summed E-state index contributed by atoms with van der Waals surface area (Å²) >= 11 is 6.16. The van der Waals surface area contributed by atoms with Crippen LogP contribution in [0.15, 0.2) is 55.0 Å². The Balaban J connectivity index is 1.89. The number of carbonyl (C=O) groups is 2. The second kappa shape index (κ2) is 12.6. The molecule has 1 aromatic heterocycles. The SMILES string of the molecule is COc1cc([C@H](C(=O)NC2CCCCC2)N(C(=O)c2cnccn2)c2ccc(Cl)cc2)cc(OC)c1OC. The Labute approximate surface area is 227 Å². The van der Waals surface area contributed by atoms with Crippen LogP contribution in [0, 0.1) is 0 Å². The van der Waals surface area contributed by atoms with Crippen molar-refractivity contribution in [2.45, 2.75) is 44.2 Å². The average molecular weight is 539 g/mol. The summed E-state index contributed by atoms with van der Waals surface area (Å²) in [6.45, 7) is 0. The first-order chi connectivity index (χ1) is 18.5. The van der Waals surface area contributed by atoms with E-state index in [2.05, 4.69) is 15.3 Å². The number of carbonyl (C=O) groups excluding carboxylic acids is 2. The van der Waals surface area contributed by atoms with Gasteiger partial charge < -0.3 is 19.5 Å². The fourth-order valence-corrected chi connectivity index (χ4v) is 4.85. The fraction of sp³-hybridized carbons (Fsp3) is 0.357. The molecule has 1 atom stereocenters. The van der Waals surface area contributed by atoms with E-state index >= 15 is 0 Å². The number of halogens is 1. The Morgan fingerprint density at radius 2 is 1.63 bits per heavy atom. The summed E-state index contributed by atoms with van der Waals surface area (Å²) in [5.41, 5.74) is 1.02. The highest BCUT2D eigenvalue weighted by Crippen LogP contribution is 2.42. The molecular weight excluding hydrogens is 508 g/mol. The lowest BCUT2D eigenvalue weighted by atomic mass is 9.94. The van der Waals surface area contributed by atoms with Crippen LogP contribution in [0.2, 0.25) is 5.02 Å². The summed E-state index contributed by atoms with van der Waals surface area (Å²) in [5.74, 6) is 0.264. The molecule has 200 valence electrons. The number of methoxy groups -OCH3 is 3. The highest BCUT2D eigenvalue weighted by molar-refractivity contribution is 6.30. The lowest BCUT2D eigenvalue weighted by molar-refractivity contribution is -0.123. The molecule has 0 radical (unpaired) electrons. The lowest BCUT2D eigenvalue weighted by Crippen LogP contribution is -2.47. The lowest BCUT2D eigenvalue weighted by Gasteiger charge is -2.33. The molecule has 2 amide bonds. The molecule has 38 heavy (non-hydrogen) atoms. The Morgan fingerprint density at radius 1 is 0.974 bits per heavy atom. The van der Waals surface area contributed by atoms with Crippen molar-refractivity contribution in [3.63, 3.8) is 0 Å². The molecule has 4 rings (SSSR count). The van der Waals surface area contributed by atoms with Crippen molar-refractivity contribution >= 4 is 29.1 Å². The average Bonchev–Trinajstić information content (AvgIpc) is 2.96. The van der Waals surface area contributed by atoms with Crippen LogP contribution in [0.3, 0.4) is 0 Å². The number of anilines is 1. The number of aromatic nitrogens is 2. The fourth-order valence-electron chi connectivity index (χ4n) is 4.72. The zero-order valence-electron chi connectivity index (χ0n) is 21.6. The Morgan fingerprint density at radius 3 is 2.18 bits per heavy atom. The van der Waals surface area contributed by atoms with E-state index in [1.807, 2.05) is 0 Å². The van der Waals surface area contributed by atoms with Crippen molar-refractivity contribution in [1.29, 1.82) is 0 Å². The van der Waals surface area contributed by atoms with E-state index in [9.17, 15) is 9.59 Å². The van der Waals surface area contributed by atoms with Crippen molar-refractivity contribution < 1.29 is 23.8 Å². The maximum atomic E-state index is 14.1. The van der Waals surface area contributed by atoms with Crippen molar-refractivity contribution in [3.05, 3.63) is 71.3 Å². The minimum atomic E-state index is -1.10. The standard InChI is InChI=1S/C28H31ClN4O5/c1-36-23-15-18(16-24(37-2)26(23)38-3)25(27(34)32-20-7-5-4-6-8-20)33(21-11-9-19(29)10-12-21)28(35)22-17-30-13-14-31-22/h9-17,20,25H,4-8H2,1-3H3,(H,32,34)/t25-/m1/s1. The van der Waals surface area contributed by atoms with E-state index in [0.717, 1.165) is 32.1 Å². The summed E-state index contributed by atoms with van der Waals surface area (Å²) in [4.78, 5) is 37.8. The van der Waals surface area contributed by atoms with Gasteiger partial charge in [-0.15, -0.1) is 0 Å². The molecular formula is C28H31ClN4O5. The molecule has 10 heteroatoms. The van der Waals surface area contributed by atoms with E-state index in [1.165, 1.54) is 44.8 Å². The molecule has 0 saturated heterocycles. The van der Waals surface area contributed by atoms with Crippen LogP contribution in [-0.4, -0.2) is 49.2 Å². The monoisotopic (exact) mass is 538 g/mol. The van der Waals surface area contributed by atoms with E-state index in [0.29, 0.717) is 33.5 Å². The number of amides is 2. The number of rotatable bonds is 9. The van der Waals surface area contributed by atoms with E-state index in [1.54, 1.807) is 36.4 Å². The normalized spacial score (nSPS) is 14.3. The number of nitrogens with zero attached hydrogens (tertiary/aromatic N) is 3. The minimum Gasteiger partial charge on any atom is -0.493 e. The van der Waals surface area contributed by atoms with Crippen molar-refractivity contribution in [2.24, 2.45) is 0 Å². The molecule has 1 aliphatic carbocycles. The predicted octanol–water partition coefficient (Wildman–Crippen LogP) is 4.99. The molecule has 9 nitrogen and oxygen atoms in total. The third-order valence-electron chi connectivity index (χ3n) is 6.57. The molecule has 1 heterocycles. The van der Waals surface area contributed by atoms with Gasteiger partial charge in [0.15, 0.2) is 11.5 Å². The van der Waals surface area contributed by atoms with Crippen LogP contribution in [-0.2, 0) is 4.79 Å². The number of hydrogen-bond donors (Lipinski definition) is 1.